The highest BCUT2D eigenvalue weighted by atomic mass is 35.5. The van der Waals surface area contributed by atoms with Gasteiger partial charge in [-0.25, -0.2) is 0 Å². The van der Waals surface area contributed by atoms with Gasteiger partial charge >= 0.3 is 0 Å². The Hall–Kier alpha value is -1.96. The van der Waals surface area contributed by atoms with E-state index in [-0.39, 0.29) is 5.91 Å². The summed E-state index contributed by atoms with van der Waals surface area (Å²) in [5.41, 5.74) is 0.844. The second kappa shape index (κ2) is 7.74. The molecule has 1 N–H and O–H groups in total. The van der Waals surface area contributed by atoms with Crippen LogP contribution in [0, 0.1) is 0 Å². The van der Waals surface area contributed by atoms with Gasteiger partial charge in [-0.1, -0.05) is 16.8 Å². The van der Waals surface area contributed by atoms with Gasteiger partial charge in [-0.3, -0.25) is 4.79 Å². The summed E-state index contributed by atoms with van der Waals surface area (Å²) in [6, 6.07) is 7.25. The van der Waals surface area contributed by atoms with Crippen molar-refractivity contribution in [2.75, 3.05) is 39.9 Å². The molecule has 2 aromatic rings. The van der Waals surface area contributed by atoms with Crippen molar-refractivity contribution < 1.29 is 19.0 Å². The molecule has 1 aliphatic rings. The molecule has 1 unspecified atom stereocenters. The molecular formula is C16H20ClN4O3+. The highest BCUT2D eigenvalue weighted by Gasteiger charge is 2.21. The molecule has 7 nitrogen and oxygen atoms in total. The molecule has 1 saturated heterocycles. The van der Waals surface area contributed by atoms with E-state index < -0.39 is 0 Å². The first-order valence-corrected chi connectivity index (χ1v) is 8.25. The summed E-state index contributed by atoms with van der Waals surface area (Å²) in [5.74, 6) is 1.15. The molecular weight excluding hydrogens is 332 g/mol. The Balaban J connectivity index is 1.55. The van der Waals surface area contributed by atoms with Gasteiger partial charge in [0, 0.05) is 23.7 Å². The summed E-state index contributed by atoms with van der Waals surface area (Å²) in [6.45, 7) is 3.42. The van der Waals surface area contributed by atoms with Crippen LogP contribution in [0.25, 0.3) is 11.4 Å². The smallest absolute Gasteiger partial charge is 0.282 e. The zero-order valence-electron chi connectivity index (χ0n) is 13.5. The van der Waals surface area contributed by atoms with Crippen molar-refractivity contribution in [1.82, 2.24) is 15.0 Å². The molecule has 1 fully saturated rings. The number of halogens is 1. The molecule has 3 rings (SSSR count). The standard InChI is InChI=1S/C16H19ClN4O3/c1-20(11-15(22)21-6-8-23-9-7-21)10-14-18-16(19-24-14)12-2-4-13(17)5-3-12/h2-5H,6-11H2,1H3/p+1. The number of ether oxygens (including phenoxy) is 1. The van der Waals surface area contributed by atoms with Crippen LogP contribution in [0.1, 0.15) is 5.89 Å². The van der Waals surface area contributed by atoms with Crippen molar-refractivity contribution in [2.45, 2.75) is 6.54 Å². The predicted octanol–water partition coefficient (Wildman–Crippen LogP) is 0.264. The Morgan fingerprint density at radius 3 is 2.71 bits per heavy atom. The SMILES string of the molecule is C[NH+](CC(=O)N1CCOCC1)Cc1nc(-c2ccc(Cl)cc2)no1. The van der Waals surface area contributed by atoms with E-state index in [2.05, 4.69) is 10.1 Å². The minimum absolute atomic E-state index is 0.119. The fourth-order valence-corrected chi connectivity index (χ4v) is 2.67. The van der Waals surface area contributed by atoms with E-state index in [4.69, 9.17) is 20.9 Å². The van der Waals surface area contributed by atoms with Crippen molar-refractivity contribution in [1.29, 1.82) is 0 Å². The predicted molar refractivity (Wildman–Crippen MR) is 87.6 cm³/mol. The highest BCUT2D eigenvalue weighted by molar-refractivity contribution is 6.30. The number of aromatic nitrogens is 2. The topological polar surface area (TPSA) is 72.9 Å². The van der Waals surface area contributed by atoms with Crippen molar-refractivity contribution >= 4 is 17.5 Å². The van der Waals surface area contributed by atoms with Crippen LogP contribution < -0.4 is 4.90 Å². The lowest BCUT2D eigenvalue weighted by molar-refractivity contribution is -0.887. The number of hydrogen-bond donors (Lipinski definition) is 1. The number of likely N-dealkylation sites (N-methyl/N-ethyl adjacent to an activating group) is 1. The average Bonchev–Trinajstić information content (AvgIpc) is 3.04. The Morgan fingerprint density at radius 1 is 1.29 bits per heavy atom. The molecule has 1 aromatic carbocycles. The van der Waals surface area contributed by atoms with Crippen LogP contribution in [-0.2, 0) is 16.1 Å². The third kappa shape index (κ3) is 4.31. The van der Waals surface area contributed by atoms with Crippen molar-refractivity contribution in [3.8, 4) is 11.4 Å². The van der Waals surface area contributed by atoms with Gasteiger partial charge < -0.3 is 19.1 Å². The van der Waals surface area contributed by atoms with Crippen LogP contribution in [0.4, 0.5) is 0 Å². The monoisotopic (exact) mass is 351 g/mol. The maximum atomic E-state index is 12.2. The number of carbonyl (C=O) groups excluding carboxylic acids is 1. The van der Waals surface area contributed by atoms with Gasteiger partial charge in [0.2, 0.25) is 5.82 Å². The molecule has 24 heavy (non-hydrogen) atoms. The van der Waals surface area contributed by atoms with Crippen LogP contribution in [0.5, 0.6) is 0 Å². The molecule has 0 saturated carbocycles. The maximum Gasteiger partial charge on any atom is 0.282 e. The fraction of sp³-hybridized carbons (Fsp3) is 0.438. The number of rotatable bonds is 5. The Labute approximate surface area is 145 Å². The lowest BCUT2D eigenvalue weighted by atomic mass is 10.2. The van der Waals surface area contributed by atoms with Crippen LogP contribution in [0.3, 0.4) is 0 Å². The number of carbonyl (C=O) groups is 1. The molecule has 0 aliphatic carbocycles. The second-order valence-corrected chi connectivity index (χ2v) is 6.26. The zero-order valence-corrected chi connectivity index (χ0v) is 14.3. The fourth-order valence-electron chi connectivity index (χ4n) is 2.55. The van der Waals surface area contributed by atoms with Gasteiger partial charge in [-0.2, -0.15) is 4.98 Å². The van der Waals surface area contributed by atoms with E-state index in [1.54, 1.807) is 12.1 Å². The summed E-state index contributed by atoms with van der Waals surface area (Å²) < 4.78 is 10.5. The summed E-state index contributed by atoms with van der Waals surface area (Å²) in [4.78, 5) is 19.4. The Kier molecular flexibility index (Phi) is 5.44. The van der Waals surface area contributed by atoms with E-state index in [0.29, 0.717) is 56.1 Å². The van der Waals surface area contributed by atoms with Gasteiger partial charge in [-0.15, -0.1) is 0 Å². The average molecular weight is 352 g/mol. The number of quaternary nitrogens is 1. The third-order valence-electron chi connectivity index (χ3n) is 3.84. The van der Waals surface area contributed by atoms with Gasteiger partial charge in [0.05, 0.1) is 20.3 Å². The molecule has 0 radical (unpaired) electrons. The first kappa shape index (κ1) is 16.9. The number of morpholine rings is 1. The zero-order chi connectivity index (χ0) is 16.9. The molecule has 0 bridgehead atoms. The first-order valence-electron chi connectivity index (χ1n) is 7.87. The minimum atomic E-state index is 0.119. The number of hydrogen-bond acceptors (Lipinski definition) is 5. The normalized spacial score (nSPS) is 16.2. The van der Waals surface area contributed by atoms with Gasteiger partial charge in [0.15, 0.2) is 13.1 Å². The van der Waals surface area contributed by atoms with E-state index in [1.807, 2.05) is 24.1 Å². The summed E-state index contributed by atoms with van der Waals surface area (Å²) in [7, 11) is 1.94. The summed E-state index contributed by atoms with van der Waals surface area (Å²) >= 11 is 5.87. The second-order valence-electron chi connectivity index (χ2n) is 5.82. The molecule has 1 aliphatic heterocycles. The van der Waals surface area contributed by atoms with Crippen molar-refractivity contribution in [2.24, 2.45) is 0 Å². The Morgan fingerprint density at radius 2 is 2.00 bits per heavy atom. The van der Waals surface area contributed by atoms with E-state index in [1.165, 1.54) is 0 Å². The van der Waals surface area contributed by atoms with Crippen LogP contribution in [-0.4, -0.2) is 60.8 Å². The largest absolute Gasteiger partial charge is 0.378 e. The number of nitrogens with one attached hydrogen (secondary N) is 1. The first-order chi connectivity index (χ1) is 11.6. The quantitative estimate of drug-likeness (QED) is 0.836. The van der Waals surface area contributed by atoms with Crippen LogP contribution in [0.15, 0.2) is 28.8 Å². The lowest BCUT2D eigenvalue weighted by Crippen LogP contribution is -3.09. The molecule has 1 atom stereocenters. The molecule has 128 valence electrons. The lowest BCUT2D eigenvalue weighted by Gasteiger charge is -2.27. The summed E-state index contributed by atoms with van der Waals surface area (Å²) in [5, 5.41) is 4.64. The summed E-state index contributed by atoms with van der Waals surface area (Å²) in [6.07, 6.45) is 0. The highest BCUT2D eigenvalue weighted by Crippen LogP contribution is 2.18. The van der Waals surface area contributed by atoms with E-state index in [0.717, 1.165) is 10.5 Å². The minimum Gasteiger partial charge on any atom is -0.378 e. The van der Waals surface area contributed by atoms with Crippen LogP contribution >= 0.6 is 11.6 Å². The Bertz CT molecular complexity index is 683. The van der Waals surface area contributed by atoms with Crippen LogP contribution in [0.2, 0.25) is 5.02 Å². The molecule has 0 spiro atoms. The molecule has 1 aromatic heterocycles. The number of amides is 1. The number of benzene rings is 1. The van der Waals surface area contributed by atoms with Gasteiger partial charge in [-0.05, 0) is 24.3 Å². The van der Waals surface area contributed by atoms with Gasteiger partial charge in [0.25, 0.3) is 11.8 Å². The van der Waals surface area contributed by atoms with E-state index >= 15 is 0 Å². The maximum absolute atomic E-state index is 12.2. The third-order valence-corrected chi connectivity index (χ3v) is 4.09. The van der Waals surface area contributed by atoms with Crippen molar-refractivity contribution in [3.05, 3.63) is 35.2 Å². The molecule has 8 heteroatoms. The van der Waals surface area contributed by atoms with E-state index in [9.17, 15) is 4.79 Å². The molecule has 1 amide bonds. The van der Waals surface area contributed by atoms with Crippen molar-refractivity contribution in [3.63, 3.8) is 0 Å². The number of nitrogens with zero attached hydrogens (tertiary/aromatic N) is 3. The molecule has 2 heterocycles. The van der Waals surface area contributed by atoms with Gasteiger partial charge in [0.1, 0.15) is 0 Å².